The highest BCUT2D eigenvalue weighted by atomic mass is 35.5. The van der Waals surface area contributed by atoms with Crippen molar-refractivity contribution in [1.29, 1.82) is 0 Å². The zero-order valence-electron chi connectivity index (χ0n) is 11.7. The molecule has 1 rings (SSSR count). The van der Waals surface area contributed by atoms with Gasteiger partial charge in [0, 0.05) is 12.8 Å². The van der Waals surface area contributed by atoms with E-state index in [2.05, 4.69) is 10.6 Å². The van der Waals surface area contributed by atoms with E-state index in [1.54, 1.807) is 37.4 Å². The third-order valence-electron chi connectivity index (χ3n) is 2.84. The van der Waals surface area contributed by atoms with Crippen molar-refractivity contribution in [2.24, 2.45) is 0 Å². The van der Waals surface area contributed by atoms with E-state index in [1.807, 2.05) is 0 Å². The molecule has 1 aromatic rings. The number of benzene rings is 1. The molecule has 120 valence electrons. The lowest BCUT2D eigenvalue weighted by Crippen LogP contribution is -2.46. The Morgan fingerprint density at radius 1 is 1.24 bits per heavy atom. The van der Waals surface area contributed by atoms with Crippen LogP contribution < -0.4 is 10.6 Å². The van der Waals surface area contributed by atoms with E-state index in [0.29, 0.717) is 18.5 Å². The Balaban J connectivity index is 0.00000400. The monoisotopic (exact) mass is 324 g/mol. The summed E-state index contributed by atoms with van der Waals surface area (Å²) in [6.45, 7) is 0.600. The molecule has 0 saturated carbocycles. The number of hydrogen-bond acceptors (Lipinski definition) is 2. The van der Waals surface area contributed by atoms with E-state index >= 15 is 0 Å². The molecule has 7 heteroatoms. The summed E-state index contributed by atoms with van der Waals surface area (Å²) in [7, 11) is 1.73. The number of amides is 1. The van der Waals surface area contributed by atoms with Gasteiger partial charge in [-0.25, -0.2) is 0 Å². The van der Waals surface area contributed by atoms with E-state index in [1.165, 1.54) is 0 Å². The Labute approximate surface area is 128 Å². The van der Waals surface area contributed by atoms with Gasteiger partial charge in [-0.2, -0.15) is 13.2 Å². The summed E-state index contributed by atoms with van der Waals surface area (Å²) in [5.41, 5.74) is 0.547. The maximum absolute atomic E-state index is 12.9. The van der Waals surface area contributed by atoms with Crippen molar-refractivity contribution in [1.82, 2.24) is 10.6 Å². The fraction of sp³-hybridized carbons (Fsp3) is 0.500. The number of rotatable bonds is 7. The first kappa shape index (κ1) is 19.7. The lowest BCUT2D eigenvalue weighted by atomic mass is 10.1. The smallest absolute Gasteiger partial charge is 0.344 e. The minimum Gasteiger partial charge on any atom is -0.344 e. The van der Waals surface area contributed by atoms with Gasteiger partial charge in [0.15, 0.2) is 0 Å². The molecule has 1 amide bonds. The molecule has 1 unspecified atom stereocenters. The summed E-state index contributed by atoms with van der Waals surface area (Å²) in [6.07, 6.45) is -4.10. The second-order valence-electron chi connectivity index (χ2n) is 4.56. The third-order valence-corrected chi connectivity index (χ3v) is 2.84. The maximum Gasteiger partial charge on any atom is 0.408 e. The molecule has 0 aromatic heterocycles. The van der Waals surface area contributed by atoms with E-state index in [9.17, 15) is 18.0 Å². The molecule has 0 aliphatic heterocycles. The van der Waals surface area contributed by atoms with E-state index < -0.39 is 18.1 Å². The number of halogens is 4. The van der Waals surface area contributed by atoms with Crippen LogP contribution in [-0.4, -0.2) is 31.7 Å². The Morgan fingerprint density at radius 2 is 1.86 bits per heavy atom. The molecule has 0 bridgehead atoms. The molecule has 2 N–H and O–H groups in total. The fourth-order valence-electron chi connectivity index (χ4n) is 1.79. The lowest BCUT2D eigenvalue weighted by Gasteiger charge is -2.21. The Kier molecular flexibility index (Phi) is 9.05. The van der Waals surface area contributed by atoms with Crippen molar-refractivity contribution in [2.45, 2.75) is 31.5 Å². The van der Waals surface area contributed by atoms with Crippen LogP contribution in [0.5, 0.6) is 0 Å². The van der Waals surface area contributed by atoms with Crippen LogP contribution in [-0.2, 0) is 11.2 Å². The predicted octanol–water partition coefficient (Wildman–Crippen LogP) is 2.70. The van der Waals surface area contributed by atoms with Crippen LogP contribution in [0.25, 0.3) is 0 Å². The number of alkyl halides is 3. The minimum absolute atomic E-state index is 0. The minimum atomic E-state index is -4.45. The SMILES string of the molecule is CNCCCC(=O)NC(Cc1ccccc1)C(F)(F)F.Cl. The maximum atomic E-state index is 12.9. The summed E-state index contributed by atoms with van der Waals surface area (Å²) in [4.78, 5) is 11.5. The van der Waals surface area contributed by atoms with Crippen molar-refractivity contribution in [3.63, 3.8) is 0 Å². The molecule has 0 saturated heterocycles. The average molecular weight is 325 g/mol. The molecule has 3 nitrogen and oxygen atoms in total. The first-order valence-electron chi connectivity index (χ1n) is 6.48. The van der Waals surface area contributed by atoms with Crippen molar-refractivity contribution in [3.05, 3.63) is 35.9 Å². The molecular weight excluding hydrogens is 305 g/mol. The standard InChI is InChI=1S/C14H19F3N2O.ClH/c1-18-9-5-8-13(20)19-12(14(15,16)17)10-11-6-3-2-4-7-11;/h2-4,6-7,12,18H,5,8-10H2,1H3,(H,19,20);1H. The van der Waals surface area contributed by atoms with Gasteiger partial charge in [0.25, 0.3) is 0 Å². The van der Waals surface area contributed by atoms with Gasteiger partial charge >= 0.3 is 6.18 Å². The van der Waals surface area contributed by atoms with Crippen LogP contribution in [0.2, 0.25) is 0 Å². The van der Waals surface area contributed by atoms with E-state index in [-0.39, 0.29) is 25.2 Å². The lowest BCUT2D eigenvalue weighted by molar-refractivity contribution is -0.161. The molecule has 0 aliphatic carbocycles. The van der Waals surface area contributed by atoms with Crippen LogP contribution in [0, 0.1) is 0 Å². The van der Waals surface area contributed by atoms with Crippen molar-refractivity contribution in [3.8, 4) is 0 Å². The normalized spacial score (nSPS) is 12.4. The van der Waals surface area contributed by atoms with Crippen molar-refractivity contribution < 1.29 is 18.0 Å². The second-order valence-corrected chi connectivity index (χ2v) is 4.56. The van der Waals surface area contributed by atoms with Gasteiger partial charge < -0.3 is 10.6 Å². The van der Waals surface area contributed by atoms with Gasteiger partial charge in [0.05, 0.1) is 0 Å². The summed E-state index contributed by atoms with van der Waals surface area (Å²) in [5, 5.41) is 4.92. The molecule has 0 aliphatic rings. The Morgan fingerprint density at radius 3 is 2.38 bits per heavy atom. The van der Waals surface area contributed by atoms with Gasteiger partial charge in [-0.1, -0.05) is 30.3 Å². The molecular formula is C14H20ClF3N2O. The molecule has 0 spiro atoms. The highest BCUT2D eigenvalue weighted by Gasteiger charge is 2.40. The summed E-state index contributed by atoms with van der Waals surface area (Å²) < 4.78 is 38.8. The first-order chi connectivity index (χ1) is 9.43. The van der Waals surface area contributed by atoms with Gasteiger partial charge in [-0.3, -0.25) is 4.79 Å². The van der Waals surface area contributed by atoms with Crippen LogP contribution in [0.4, 0.5) is 13.2 Å². The Hall–Kier alpha value is -1.27. The molecule has 1 aromatic carbocycles. The first-order valence-corrected chi connectivity index (χ1v) is 6.48. The molecule has 0 fully saturated rings. The molecule has 0 radical (unpaired) electrons. The van der Waals surface area contributed by atoms with E-state index in [4.69, 9.17) is 0 Å². The Bertz CT molecular complexity index is 412. The number of carbonyl (C=O) groups excluding carboxylic acids is 1. The summed E-state index contributed by atoms with van der Waals surface area (Å²) >= 11 is 0. The van der Waals surface area contributed by atoms with Crippen molar-refractivity contribution >= 4 is 18.3 Å². The van der Waals surface area contributed by atoms with Crippen LogP contribution in [0.15, 0.2) is 30.3 Å². The van der Waals surface area contributed by atoms with Crippen LogP contribution in [0.3, 0.4) is 0 Å². The van der Waals surface area contributed by atoms with Gasteiger partial charge in [0.1, 0.15) is 6.04 Å². The van der Waals surface area contributed by atoms with Crippen LogP contribution >= 0.6 is 12.4 Å². The summed E-state index contributed by atoms with van der Waals surface area (Å²) in [5.74, 6) is -0.571. The quantitative estimate of drug-likeness (QED) is 0.757. The number of nitrogens with one attached hydrogen (secondary N) is 2. The molecule has 21 heavy (non-hydrogen) atoms. The third kappa shape index (κ3) is 7.92. The highest BCUT2D eigenvalue weighted by molar-refractivity contribution is 5.85. The zero-order chi connectivity index (χ0) is 15.0. The average Bonchev–Trinajstić information content (AvgIpc) is 2.38. The van der Waals surface area contributed by atoms with E-state index in [0.717, 1.165) is 0 Å². The van der Waals surface area contributed by atoms with Crippen LogP contribution in [0.1, 0.15) is 18.4 Å². The number of carbonyl (C=O) groups is 1. The fourth-order valence-corrected chi connectivity index (χ4v) is 1.79. The zero-order valence-corrected chi connectivity index (χ0v) is 12.6. The topological polar surface area (TPSA) is 41.1 Å². The molecule has 1 atom stereocenters. The molecule has 0 heterocycles. The predicted molar refractivity (Wildman–Crippen MR) is 78.5 cm³/mol. The largest absolute Gasteiger partial charge is 0.408 e. The van der Waals surface area contributed by atoms with Crippen molar-refractivity contribution in [2.75, 3.05) is 13.6 Å². The van der Waals surface area contributed by atoms with Gasteiger partial charge in [-0.05, 0) is 25.6 Å². The van der Waals surface area contributed by atoms with Gasteiger partial charge in [0.2, 0.25) is 5.91 Å². The highest BCUT2D eigenvalue weighted by Crippen LogP contribution is 2.23. The summed E-state index contributed by atoms with van der Waals surface area (Å²) in [6, 6.07) is 6.49. The van der Waals surface area contributed by atoms with Gasteiger partial charge in [-0.15, -0.1) is 12.4 Å². The number of hydrogen-bond donors (Lipinski definition) is 2. The second kappa shape index (κ2) is 9.63.